The molecule has 0 atom stereocenters. The summed E-state index contributed by atoms with van der Waals surface area (Å²) < 4.78 is 5.18. The first kappa shape index (κ1) is 21.2. The standard InChI is InChI=1S/C23H28N2O3S/c1-25(18-10-4-3-5-11-18)23(27)20-13-6-7-14-21(20)29-16-22(26)24-17-9-8-12-19(15-17)28-2/h6-9,12-15,18H,3-5,10-11,16H2,1-2H3,(H,24,26). The van der Waals surface area contributed by atoms with Crippen LogP contribution in [0.4, 0.5) is 5.69 Å². The Hall–Kier alpha value is -2.47. The van der Waals surface area contributed by atoms with E-state index in [9.17, 15) is 9.59 Å². The van der Waals surface area contributed by atoms with E-state index in [-0.39, 0.29) is 17.6 Å². The van der Waals surface area contributed by atoms with Crippen molar-refractivity contribution in [2.45, 2.75) is 43.0 Å². The maximum atomic E-state index is 13.1. The smallest absolute Gasteiger partial charge is 0.254 e. The van der Waals surface area contributed by atoms with Crippen LogP contribution in [0.2, 0.25) is 0 Å². The summed E-state index contributed by atoms with van der Waals surface area (Å²) in [5.74, 6) is 0.839. The minimum atomic E-state index is -0.119. The summed E-state index contributed by atoms with van der Waals surface area (Å²) in [6.45, 7) is 0. The minimum Gasteiger partial charge on any atom is -0.497 e. The molecule has 0 spiro atoms. The first-order valence-electron chi connectivity index (χ1n) is 10.0. The summed E-state index contributed by atoms with van der Waals surface area (Å²) in [7, 11) is 3.49. The van der Waals surface area contributed by atoms with Gasteiger partial charge in [0.15, 0.2) is 0 Å². The van der Waals surface area contributed by atoms with E-state index in [4.69, 9.17) is 4.74 Å². The predicted molar refractivity (Wildman–Crippen MR) is 118 cm³/mol. The zero-order chi connectivity index (χ0) is 20.6. The van der Waals surface area contributed by atoms with Gasteiger partial charge in [-0.15, -0.1) is 11.8 Å². The van der Waals surface area contributed by atoms with E-state index in [1.54, 1.807) is 13.2 Å². The number of rotatable bonds is 7. The summed E-state index contributed by atoms with van der Waals surface area (Å²) in [6.07, 6.45) is 5.76. The molecule has 154 valence electrons. The van der Waals surface area contributed by atoms with Crippen LogP contribution in [0, 0.1) is 0 Å². The number of thioether (sulfide) groups is 1. The fourth-order valence-corrected chi connectivity index (χ4v) is 4.48. The number of hydrogen-bond acceptors (Lipinski definition) is 4. The van der Waals surface area contributed by atoms with Crippen molar-refractivity contribution in [3.63, 3.8) is 0 Å². The molecule has 0 saturated heterocycles. The molecular weight excluding hydrogens is 384 g/mol. The minimum absolute atomic E-state index is 0.0354. The Kier molecular flexibility index (Phi) is 7.58. The molecular formula is C23H28N2O3S. The highest BCUT2D eigenvalue weighted by Crippen LogP contribution is 2.27. The Morgan fingerprint density at radius 1 is 1.10 bits per heavy atom. The Labute approximate surface area is 176 Å². The molecule has 0 radical (unpaired) electrons. The molecule has 2 aromatic carbocycles. The van der Waals surface area contributed by atoms with Crippen molar-refractivity contribution in [1.29, 1.82) is 0 Å². The lowest BCUT2D eigenvalue weighted by molar-refractivity contribution is -0.113. The van der Waals surface area contributed by atoms with Crippen molar-refractivity contribution >= 4 is 29.3 Å². The second-order valence-electron chi connectivity index (χ2n) is 7.27. The largest absolute Gasteiger partial charge is 0.497 e. The maximum Gasteiger partial charge on any atom is 0.254 e. The van der Waals surface area contributed by atoms with Gasteiger partial charge in [-0.05, 0) is 37.1 Å². The average Bonchev–Trinajstić information content (AvgIpc) is 2.77. The molecule has 2 amide bonds. The molecule has 1 aliphatic rings. The second kappa shape index (κ2) is 10.3. The molecule has 2 aromatic rings. The lowest BCUT2D eigenvalue weighted by Gasteiger charge is -2.31. The van der Waals surface area contributed by atoms with Gasteiger partial charge in [-0.2, -0.15) is 0 Å². The first-order valence-corrected chi connectivity index (χ1v) is 11.0. The average molecular weight is 413 g/mol. The molecule has 3 rings (SSSR count). The molecule has 0 unspecified atom stereocenters. The number of nitrogens with zero attached hydrogens (tertiary/aromatic N) is 1. The van der Waals surface area contributed by atoms with Gasteiger partial charge in [0, 0.05) is 29.7 Å². The zero-order valence-corrected chi connectivity index (χ0v) is 17.8. The van der Waals surface area contributed by atoms with Gasteiger partial charge >= 0.3 is 0 Å². The number of carbonyl (C=O) groups is 2. The van der Waals surface area contributed by atoms with Gasteiger partial charge in [0.05, 0.1) is 18.4 Å². The van der Waals surface area contributed by atoms with Gasteiger partial charge in [-0.1, -0.05) is 37.5 Å². The van der Waals surface area contributed by atoms with Gasteiger partial charge < -0.3 is 15.0 Å². The fraction of sp³-hybridized carbons (Fsp3) is 0.391. The van der Waals surface area contributed by atoms with Gasteiger partial charge in [-0.3, -0.25) is 9.59 Å². The van der Waals surface area contributed by atoms with E-state index in [1.165, 1.54) is 31.0 Å². The van der Waals surface area contributed by atoms with E-state index in [1.807, 2.05) is 54.4 Å². The normalized spacial score (nSPS) is 14.3. The summed E-state index contributed by atoms with van der Waals surface area (Å²) >= 11 is 1.39. The summed E-state index contributed by atoms with van der Waals surface area (Å²) in [4.78, 5) is 28.2. The highest BCUT2D eigenvalue weighted by molar-refractivity contribution is 8.00. The van der Waals surface area contributed by atoms with Gasteiger partial charge in [0.1, 0.15) is 5.75 Å². The zero-order valence-electron chi connectivity index (χ0n) is 17.0. The third-order valence-corrected chi connectivity index (χ3v) is 6.35. The van der Waals surface area contributed by atoms with Crippen molar-refractivity contribution in [3.8, 4) is 5.75 Å². The van der Waals surface area contributed by atoms with Crippen LogP contribution >= 0.6 is 11.8 Å². The number of nitrogens with one attached hydrogen (secondary N) is 1. The van der Waals surface area contributed by atoms with Crippen molar-refractivity contribution in [2.24, 2.45) is 0 Å². The second-order valence-corrected chi connectivity index (χ2v) is 8.29. The van der Waals surface area contributed by atoms with E-state index in [0.717, 1.165) is 17.7 Å². The van der Waals surface area contributed by atoms with Crippen LogP contribution in [-0.4, -0.2) is 42.7 Å². The first-order chi connectivity index (χ1) is 14.1. The lowest BCUT2D eigenvalue weighted by Crippen LogP contribution is -2.38. The molecule has 1 fully saturated rings. The van der Waals surface area contributed by atoms with Crippen molar-refractivity contribution in [1.82, 2.24) is 4.90 Å². The highest BCUT2D eigenvalue weighted by atomic mass is 32.2. The monoisotopic (exact) mass is 412 g/mol. The molecule has 1 N–H and O–H groups in total. The number of methoxy groups -OCH3 is 1. The maximum absolute atomic E-state index is 13.1. The molecule has 0 aromatic heterocycles. The molecule has 1 aliphatic carbocycles. The molecule has 0 heterocycles. The number of hydrogen-bond donors (Lipinski definition) is 1. The molecule has 6 heteroatoms. The number of carbonyl (C=O) groups excluding carboxylic acids is 2. The Morgan fingerprint density at radius 3 is 2.62 bits per heavy atom. The van der Waals surface area contributed by atoms with Crippen LogP contribution in [0.25, 0.3) is 0 Å². The van der Waals surface area contributed by atoms with Gasteiger partial charge in [0.25, 0.3) is 5.91 Å². The lowest BCUT2D eigenvalue weighted by atomic mass is 9.94. The molecule has 1 saturated carbocycles. The van der Waals surface area contributed by atoms with Crippen molar-refractivity contribution in [3.05, 3.63) is 54.1 Å². The Bertz CT molecular complexity index is 850. The molecule has 29 heavy (non-hydrogen) atoms. The SMILES string of the molecule is COc1cccc(NC(=O)CSc2ccccc2C(=O)N(C)C2CCCCC2)c1. The highest BCUT2D eigenvalue weighted by Gasteiger charge is 2.24. The number of anilines is 1. The fourth-order valence-electron chi connectivity index (χ4n) is 3.63. The van der Waals surface area contributed by atoms with Crippen LogP contribution in [0.15, 0.2) is 53.4 Å². The summed E-state index contributed by atoms with van der Waals surface area (Å²) in [5.41, 5.74) is 1.36. The molecule has 0 aliphatic heterocycles. The summed E-state index contributed by atoms with van der Waals surface area (Å²) in [6, 6.07) is 15.1. The Morgan fingerprint density at radius 2 is 1.86 bits per heavy atom. The van der Waals surface area contributed by atoms with E-state index in [0.29, 0.717) is 23.0 Å². The number of amides is 2. The molecule has 0 bridgehead atoms. The van der Waals surface area contributed by atoms with E-state index >= 15 is 0 Å². The van der Waals surface area contributed by atoms with E-state index in [2.05, 4.69) is 5.32 Å². The number of ether oxygens (including phenoxy) is 1. The van der Waals surface area contributed by atoms with Gasteiger partial charge in [0.2, 0.25) is 5.91 Å². The van der Waals surface area contributed by atoms with Gasteiger partial charge in [-0.25, -0.2) is 0 Å². The summed E-state index contributed by atoms with van der Waals surface area (Å²) in [5, 5.41) is 2.87. The van der Waals surface area contributed by atoms with Crippen molar-refractivity contribution in [2.75, 3.05) is 25.2 Å². The van der Waals surface area contributed by atoms with Crippen LogP contribution < -0.4 is 10.1 Å². The van der Waals surface area contributed by atoms with Crippen LogP contribution in [0.1, 0.15) is 42.5 Å². The van der Waals surface area contributed by atoms with Crippen LogP contribution in [-0.2, 0) is 4.79 Å². The van der Waals surface area contributed by atoms with Crippen LogP contribution in [0.5, 0.6) is 5.75 Å². The third-order valence-electron chi connectivity index (χ3n) is 5.27. The topological polar surface area (TPSA) is 58.6 Å². The molecule has 5 nitrogen and oxygen atoms in total. The predicted octanol–water partition coefficient (Wildman–Crippen LogP) is 4.83. The van der Waals surface area contributed by atoms with Crippen molar-refractivity contribution < 1.29 is 14.3 Å². The number of benzene rings is 2. The van der Waals surface area contributed by atoms with Crippen LogP contribution in [0.3, 0.4) is 0 Å². The Balaban J connectivity index is 1.62. The third kappa shape index (κ3) is 5.76. The van der Waals surface area contributed by atoms with E-state index < -0.39 is 0 Å². The quantitative estimate of drug-likeness (QED) is 0.662.